The van der Waals surface area contributed by atoms with Crippen molar-refractivity contribution < 1.29 is 8.78 Å². The number of benzene rings is 2. The number of nitrogens with zero attached hydrogens (tertiary/aromatic N) is 5. The lowest BCUT2D eigenvalue weighted by Crippen LogP contribution is -2.44. The number of imidazole rings is 1. The van der Waals surface area contributed by atoms with Crippen molar-refractivity contribution in [2.75, 3.05) is 18.4 Å². The molecule has 10 heteroatoms. The van der Waals surface area contributed by atoms with E-state index in [9.17, 15) is 8.78 Å². The molecule has 1 aliphatic heterocycles. The molecule has 5 aromatic rings. The van der Waals surface area contributed by atoms with Crippen LogP contribution in [0.1, 0.15) is 18.4 Å². The van der Waals surface area contributed by atoms with Gasteiger partial charge in [0.25, 0.3) is 0 Å². The molecule has 0 radical (unpaired) electrons. The van der Waals surface area contributed by atoms with Crippen LogP contribution in [-0.4, -0.2) is 43.4 Å². The Morgan fingerprint density at radius 3 is 2.79 bits per heavy atom. The first-order valence-electron chi connectivity index (χ1n) is 12.8. The van der Waals surface area contributed by atoms with E-state index in [4.69, 9.17) is 9.97 Å². The second-order valence-corrected chi connectivity index (χ2v) is 10.3. The minimum Gasteiger partial charge on any atom is -0.368 e. The van der Waals surface area contributed by atoms with Gasteiger partial charge in [-0.3, -0.25) is 4.40 Å². The number of thiazole rings is 1. The second-order valence-electron chi connectivity index (χ2n) is 9.47. The SMILES string of the molecule is C=C(NCc1ccccc1)N1CCCC(Nc2nccc(-c3c(-c4ccc(F)c(F)c4)nc4sccn34)n2)C1. The summed E-state index contributed by atoms with van der Waals surface area (Å²) >= 11 is 1.46. The molecular formula is C29H27F2N7S. The summed E-state index contributed by atoms with van der Waals surface area (Å²) in [6, 6.07) is 16.0. The fourth-order valence-corrected chi connectivity index (χ4v) is 5.58. The first-order chi connectivity index (χ1) is 19.0. The minimum absolute atomic E-state index is 0.140. The van der Waals surface area contributed by atoms with E-state index in [1.54, 1.807) is 12.3 Å². The summed E-state index contributed by atoms with van der Waals surface area (Å²) in [5.74, 6) is -0.408. The lowest BCUT2D eigenvalue weighted by Gasteiger charge is -2.36. The number of fused-ring (bicyclic) bond motifs is 1. The van der Waals surface area contributed by atoms with Crippen molar-refractivity contribution in [3.8, 4) is 22.6 Å². The zero-order valence-corrected chi connectivity index (χ0v) is 22.0. The molecule has 39 heavy (non-hydrogen) atoms. The van der Waals surface area contributed by atoms with Crippen LogP contribution in [-0.2, 0) is 6.54 Å². The molecule has 1 saturated heterocycles. The number of aromatic nitrogens is 4. The first-order valence-corrected chi connectivity index (χ1v) is 13.7. The molecule has 2 aromatic carbocycles. The largest absolute Gasteiger partial charge is 0.368 e. The van der Waals surface area contributed by atoms with E-state index in [1.807, 2.05) is 34.2 Å². The van der Waals surface area contributed by atoms with E-state index >= 15 is 0 Å². The summed E-state index contributed by atoms with van der Waals surface area (Å²) in [4.78, 5) is 17.0. The third-order valence-corrected chi connectivity index (χ3v) is 7.59. The molecule has 0 bridgehead atoms. The summed E-state index contributed by atoms with van der Waals surface area (Å²) in [5, 5.41) is 8.86. The van der Waals surface area contributed by atoms with Crippen LogP contribution in [0.2, 0.25) is 0 Å². The third-order valence-electron chi connectivity index (χ3n) is 6.83. The topological polar surface area (TPSA) is 70.4 Å². The van der Waals surface area contributed by atoms with Gasteiger partial charge in [-0.1, -0.05) is 36.9 Å². The Labute approximate surface area is 228 Å². The first kappa shape index (κ1) is 25.0. The van der Waals surface area contributed by atoms with Gasteiger partial charge >= 0.3 is 0 Å². The molecule has 1 aliphatic rings. The monoisotopic (exact) mass is 543 g/mol. The Kier molecular flexibility index (Phi) is 6.93. The van der Waals surface area contributed by atoms with Crippen molar-refractivity contribution in [2.24, 2.45) is 0 Å². The van der Waals surface area contributed by atoms with Gasteiger partial charge in [0, 0.05) is 49.0 Å². The van der Waals surface area contributed by atoms with Crippen LogP contribution in [0.15, 0.2) is 84.8 Å². The highest BCUT2D eigenvalue weighted by atomic mass is 32.1. The van der Waals surface area contributed by atoms with Gasteiger partial charge in [-0.05, 0) is 42.7 Å². The molecule has 0 saturated carbocycles. The van der Waals surface area contributed by atoms with E-state index in [-0.39, 0.29) is 6.04 Å². The predicted molar refractivity (Wildman–Crippen MR) is 150 cm³/mol. The summed E-state index contributed by atoms with van der Waals surface area (Å²) < 4.78 is 29.6. The van der Waals surface area contributed by atoms with Crippen LogP contribution >= 0.6 is 11.3 Å². The molecule has 2 N–H and O–H groups in total. The van der Waals surface area contributed by atoms with Gasteiger partial charge in [0.15, 0.2) is 16.6 Å². The molecule has 1 unspecified atom stereocenters. The predicted octanol–water partition coefficient (Wildman–Crippen LogP) is 5.94. The average molecular weight is 544 g/mol. The highest BCUT2D eigenvalue weighted by Crippen LogP contribution is 2.34. The second kappa shape index (κ2) is 10.8. The van der Waals surface area contributed by atoms with Gasteiger partial charge in [-0.15, -0.1) is 11.3 Å². The van der Waals surface area contributed by atoms with Crippen LogP contribution in [0.25, 0.3) is 27.6 Å². The fourth-order valence-electron chi connectivity index (χ4n) is 4.87. The Balaban J connectivity index is 1.20. The summed E-state index contributed by atoms with van der Waals surface area (Å²) in [7, 11) is 0. The van der Waals surface area contributed by atoms with Gasteiger partial charge in [-0.25, -0.2) is 23.7 Å². The maximum absolute atomic E-state index is 14.1. The summed E-state index contributed by atoms with van der Waals surface area (Å²) in [5.41, 5.74) is 3.57. The van der Waals surface area contributed by atoms with Gasteiger partial charge in [-0.2, -0.15) is 0 Å². The van der Waals surface area contributed by atoms with E-state index < -0.39 is 11.6 Å². The maximum atomic E-state index is 14.1. The molecule has 0 aliphatic carbocycles. The molecule has 4 heterocycles. The quantitative estimate of drug-likeness (QED) is 0.253. The van der Waals surface area contributed by atoms with Crippen molar-refractivity contribution >= 4 is 22.2 Å². The molecule has 0 spiro atoms. The van der Waals surface area contributed by atoms with E-state index in [2.05, 4.69) is 39.2 Å². The fraction of sp³-hybridized carbons (Fsp3) is 0.207. The zero-order chi connectivity index (χ0) is 26.8. The molecule has 3 aromatic heterocycles. The van der Waals surface area contributed by atoms with Crippen molar-refractivity contribution in [2.45, 2.75) is 25.4 Å². The highest BCUT2D eigenvalue weighted by Gasteiger charge is 2.23. The Morgan fingerprint density at radius 2 is 1.95 bits per heavy atom. The molecule has 1 fully saturated rings. The molecule has 1 atom stereocenters. The number of likely N-dealkylation sites (tertiary alicyclic amines) is 1. The molecule has 7 nitrogen and oxygen atoms in total. The molecule has 6 rings (SSSR count). The standard InChI is InChI=1S/C29H27F2N7S/c1-19(33-17-20-6-3-2-4-7-20)37-13-5-8-22(18-37)34-28-32-12-11-25(35-28)27-26(36-29-38(27)14-15-39-29)21-9-10-23(30)24(31)16-21/h2-4,6-7,9-12,14-16,22,33H,1,5,8,13,17-18H2,(H,32,34,35). The van der Waals surface area contributed by atoms with Crippen LogP contribution in [0.4, 0.5) is 14.7 Å². The number of piperidine rings is 1. The van der Waals surface area contributed by atoms with Gasteiger partial charge in [0.2, 0.25) is 5.95 Å². The van der Waals surface area contributed by atoms with E-state index in [0.29, 0.717) is 28.6 Å². The summed E-state index contributed by atoms with van der Waals surface area (Å²) in [6.45, 7) is 6.69. The zero-order valence-electron chi connectivity index (χ0n) is 21.1. The van der Waals surface area contributed by atoms with Crippen molar-refractivity contribution in [1.82, 2.24) is 29.6 Å². The lowest BCUT2D eigenvalue weighted by atomic mass is 10.1. The average Bonchev–Trinajstić information content (AvgIpc) is 3.56. The van der Waals surface area contributed by atoms with Crippen LogP contribution in [0.5, 0.6) is 0 Å². The molecular weight excluding hydrogens is 516 g/mol. The van der Waals surface area contributed by atoms with E-state index in [1.165, 1.54) is 29.0 Å². The normalized spacial score (nSPS) is 15.4. The number of nitrogens with one attached hydrogen (secondary N) is 2. The summed E-state index contributed by atoms with van der Waals surface area (Å²) in [6.07, 6.45) is 5.60. The van der Waals surface area contributed by atoms with Gasteiger partial charge in [0.1, 0.15) is 5.69 Å². The molecule has 0 amide bonds. The van der Waals surface area contributed by atoms with Crippen molar-refractivity contribution in [3.05, 3.63) is 102 Å². The van der Waals surface area contributed by atoms with Gasteiger partial charge < -0.3 is 15.5 Å². The number of halogens is 2. The van der Waals surface area contributed by atoms with Crippen LogP contribution in [0.3, 0.4) is 0 Å². The smallest absolute Gasteiger partial charge is 0.223 e. The highest BCUT2D eigenvalue weighted by molar-refractivity contribution is 7.15. The Bertz CT molecular complexity index is 1610. The number of rotatable bonds is 8. The number of anilines is 1. The maximum Gasteiger partial charge on any atom is 0.223 e. The lowest BCUT2D eigenvalue weighted by molar-refractivity contribution is 0.253. The van der Waals surface area contributed by atoms with Crippen molar-refractivity contribution in [1.29, 1.82) is 0 Å². The van der Waals surface area contributed by atoms with E-state index in [0.717, 1.165) is 49.3 Å². The van der Waals surface area contributed by atoms with Gasteiger partial charge in [0.05, 0.1) is 17.2 Å². The Hall–Kier alpha value is -4.31. The number of hydrogen-bond donors (Lipinski definition) is 2. The minimum atomic E-state index is -0.915. The Morgan fingerprint density at radius 1 is 1.08 bits per heavy atom. The number of hydrogen-bond acceptors (Lipinski definition) is 7. The van der Waals surface area contributed by atoms with Crippen LogP contribution < -0.4 is 10.6 Å². The van der Waals surface area contributed by atoms with Crippen LogP contribution in [0, 0.1) is 11.6 Å². The third kappa shape index (κ3) is 5.33. The van der Waals surface area contributed by atoms with Crippen molar-refractivity contribution in [3.63, 3.8) is 0 Å². The molecule has 198 valence electrons.